The molecule has 106 valence electrons. The normalized spacial score (nSPS) is 23.9. The van der Waals surface area contributed by atoms with E-state index in [4.69, 9.17) is 4.98 Å². The molecule has 1 saturated carbocycles. The van der Waals surface area contributed by atoms with E-state index in [1.807, 2.05) is 30.3 Å². The molecule has 3 atom stereocenters. The van der Waals surface area contributed by atoms with E-state index in [0.717, 1.165) is 17.2 Å². The Labute approximate surface area is 124 Å². The summed E-state index contributed by atoms with van der Waals surface area (Å²) in [5.41, 5.74) is 2.00. The van der Waals surface area contributed by atoms with Crippen molar-refractivity contribution in [1.82, 2.24) is 4.98 Å². The Kier molecular flexibility index (Phi) is 4.18. The van der Waals surface area contributed by atoms with Crippen LogP contribution < -0.4 is 0 Å². The standard InChI is InChI=1S/C17H21NOS/c1-12-7-8-14(9-12)17-18-15(11-20-17)10-16(19)13-5-3-2-4-6-13/h2-6,11-12,14,16,19H,7-10H2,1H3. The monoisotopic (exact) mass is 287 g/mol. The molecule has 0 aliphatic heterocycles. The lowest BCUT2D eigenvalue weighted by molar-refractivity contribution is 0.177. The van der Waals surface area contributed by atoms with Crippen molar-refractivity contribution in [2.75, 3.05) is 0 Å². The third-order valence-corrected chi connectivity index (χ3v) is 5.26. The highest BCUT2D eigenvalue weighted by Gasteiger charge is 2.25. The van der Waals surface area contributed by atoms with Crippen LogP contribution in [-0.2, 0) is 6.42 Å². The van der Waals surface area contributed by atoms with Crippen molar-refractivity contribution in [2.45, 2.75) is 44.6 Å². The molecule has 1 N–H and O–H groups in total. The molecule has 1 aliphatic carbocycles. The van der Waals surface area contributed by atoms with Gasteiger partial charge < -0.3 is 5.11 Å². The third-order valence-electron chi connectivity index (χ3n) is 4.20. The molecule has 0 saturated heterocycles. The number of nitrogens with zero attached hydrogens (tertiary/aromatic N) is 1. The SMILES string of the molecule is CC1CCC(c2nc(CC(O)c3ccccc3)cs2)C1. The van der Waals surface area contributed by atoms with Crippen LogP contribution >= 0.6 is 11.3 Å². The van der Waals surface area contributed by atoms with Gasteiger partial charge in [-0.25, -0.2) is 4.98 Å². The van der Waals surface area contributed by atoms with Gasteiger partial charge in [-0.15, -0.1) is 11.3 Å². The Hall–Kier alpha value is -1.19. The van der Waals surface area contributed by atoms with E-state index >= 15 is 0 Å². The van der Waals surface area contributed by atoms with Gasteiger partial charge in [0.1, 0.15) is 0 Å². The minimum Gasteiger partial charge on any atom is -0.388 e. The van der Waals surface area contributed by atoms with Crippen molar-refractivity contribution >= 4 is 11.3 Å². The number of aliphatic hydroxyl groups is 1. The molecule has 1 heterocycles. The molecule has 1 aromatic heterocycles. The highest BCUT2D eigenvalue weighted by Crippen LogP contribution is 2.39. The lowest BCUT2D eigenvalue weighted by atomic mass is 10.1. The summed E-state index contributed by atoms with van der Waals surface area (Å²) in [5.74, 6) is 1.49. The second-order valence-electron chi connectivity index (χ2n) is 5.92. The molecule has 3 unspecified atom stereocenters. The Morgan fingerprint density at radius 1 is 1.30 bits per heavy atom. The van der Waals surface area contributed by atoms with Crippen LogP contribution in [0.5, 0.6) is 0 Å². The van der Waals surface area contributed by atoms with Gasteiger partial charge in [0.25, 0.3) is 0 Å². The summed E-state index contributed by atoms with van der Waals surface area (Å²) in [5, 5.41) is 13.6. The van der Waals surface area contributed by atoms with E-state index in [0.29, 0.717) is 12.3 Å². The number of aromatic nitrogens is 1. The molecule has 20 heavy (non-hydrogen) atoms. The maximum atomic E-state index is 10.3. The zero-order chi connectivity index (χ0) is 13.9. The van der Waals surface area contributed by atoms with Crippen LogP contribution in [0.3, 0.4) is 0 Å². The first-order chi connectivity index (χ1) is 9.72. The minimum atomic E-state index is -0.450. The van der Waals surface area contributed by atoms with E-state index in [2.05, 4.69) is 12.3 Å². The lowest BCUT2D eigenvalue weighted by Crippen LogP contribution is -2.02. The zero-order valence-electron chi connectivity index (χ0n) is 11.8. The van der Waals surface area contributed by atoms with Crippen molar-refractivity contribution in [2.24, 2.45) is 5.92 Å². The fraction of sp³-hybridized carbons (Fsp3) is 0.471. The average molecular weight is 287 g/mol. The van der Waals surface area contributed by atoms with Crippen LogP contribution in [0.15, 0.2) is 35.7 Å². The van der Waals surface area contributed by atoms with Gasteiger partial charge in [0, 0.05) is 17.7 Å². The quantitative estimate of drug-likeness (QED) is 0.908. The summed E-state index contributed by atoms with van der Waals surface area (Å²) in [6, 6.07) is 9.83. The van der Waals surface area contributed by atoms with Crippen LogP contribution in [0.25, 0.3) is 0 Å². The largest absolute Gasteiger partial charge is 0.388 e. The van der Waals surface area contributed by atoms with Gasteiger partial charge in [-0.1, -0.05) is 43.7 Å². The van der Waals surface area contributed by atoms with E-state index in [9.17, 15) is 5.11 Å². The Balaban J connectivity index is 1.65. The Bertz CT molecular complexity index is 551. The van der Waals surface area contributed by atoms with Crippen molar-refractivity contribution in [3.8, 4) is 0 Å². The first-order valence-electron chi connectivity index (χ1n) is 7.39. The maximum Gasteiger partial charge on any atom is 0.0959 e. The molecule has 2 nitrogen and oxygen atoms in total. The number of hydrogen-bond donors (Lipinski definition) is 1. The second kappa shape index (κ2) is 6.06. The molecule has 1 aliphatic rings. The zero-order valence-corrected chi connectivity index (χ0v) is 12.6. The molecule has 0 bridgehead atoms. The topological polar surface area (TPSA) is 33.1 Å². The highest BCUT2D eigenvalue weighted by molar-refractivity contribution is 7.09. The fourth-order valence-corrected chi connectivity index (χ4v) is 4.01. The van der Waals surface area contributed by atoms with Crippen molar-refractivity contribution in [1.29, 1.82) is 0 Å². The molecular weight excluding hydrogens is 266 g/mol. The number of thiazole rings is 1. The van der Waals surface area contributed by atoms with Crippen LogP contribution in [0.1, 0.15) is 54.5 Å². The van der Waals surface area contributed by atoms with E-state index in [1.54, 1.807) is 11.3 Å². The van der Waals surface area contributed by atoms with Crippen LogP contribution in [0, 0.1) is 5.92 Å². The first-order valence-corrected chi connectivity index (χ1v) is 8.27. The highest BCUT2D eigenvalue weighted by atomic mass is 32.1. The van der Waals surface area contributed by atoms with Gasteiger partial charge in [-0.05, 0) is 24.3 Å². The van der Waals surface area contributed by atoms with Gasteiger partial charge in [-0.2, -0.15) is 0 Å². The van der Waals surface area contributed by atoms with Gasteiger partial charge in [0.15, 0.2) is 0 Å². The third kappa shape index (κ3) is 3.10. The molecule has 2 aromatic rings. The number of benzene rings is 1. The first kappa shape index (κ1) is 13.8. The van der Waals surface area contributed by atoms with Gasteiger partial charge in [0.05, 0.1) is 16.8 Å². The molecule has 0 radical (unpaired) electrons. The number of hydrogen-bond acceptors (Lipinski definition) is 3. The maximum absolute atomic E-state index is 10.3. The summed E-state index contributed by atoms with van der Waals surface area (Å²) in [6.45, 7) is 2.33. The molecular formula is C17H21NOS. The Morgan fingerprint density at radius 2 is 2.10 bits per heavy atom. The fourth-order valence-electron chi connectivity index (χ4n) is 3.03. The Morgan fingerprint density at radius 3 is 2.80 bits per heavy atom. The number of rotatable bonds is 4. The summed E-state index contributed by atoms with van der Waals surface area (Å²) < 4.78 is 0. The van der Waals surface area contributed by atoms with Gasteiger partial charge in [-0.3, -0.25) is 0 Å². The molecule has 0 amide bonds. The second-order valence-corrected chi connectivity index (χ2v) is 6.81. The van der Waals surface area contributed by atoms with Crippen LogP contribution in [0.4, 0.5) is 0 Å². The summed E-state index contributed by atoms with van der Waals surface area (Å²) in [4.78, 5) is 4.75. The average Bonchev–Trinajstić information content (AvgIpc) is 3.09. The lowest BCUT2D eigenvalue weighted by Gasteiger charge is -2.09. The van der Waals surface area contributed by atoms with Crippen molar-refractivity contribution in [3.05, 3.63) is 52.0 Å². The van der Waals surface area contributed by atoms with E-state index in [1.165, 1.54) is 24.3 Å². The van der Waals surface area contributed by atoms with Gasteiger partial charge >= 0.3 is 0 Å². The number of aliphatic hydroxyl groups excluding tert-OH is 1. The molecule has 1 fully saturated rings. The molecule has 1 aromatic carbocycles. The smallest absolute Gasteiger partial charge is 0.0959 e. The van der Waals surface area contributed by atoms with E-state index in [-0.39, 0.29) is 0 Å². The molecule has 3 rings (SSSR count). The summed E-state index contributed by atoms with van der Waals surface area (Å²) in [6.07, 6.45) is 4.03. The predicted octanol–water partition coefficient (Wildman–Crippen LogP) is 4.32. The summed E-state index contributed by atoms with van der Waals surface area (Å²) in [7, 11) is 0. The molecule has 0 spiro atoms. The molecule has 3 heteroatoms. The van der Waals surface area contributed by atoms with Crippen LogP contribution in [-0.4, -0.2) is 10.1 Å². The van der Waals surface area contributed by atoms with Gasteiger partial charge in [0.2, 0.25) is 0 Å². The van der Waals surface area contributed by atoms with Crippen molar-refractivity contribution in [3.63, 3.8) is 0 Å². The summed E-state index contributed by atoms with van der Waals surface area (Å²) >= 11 is 1.76. The van der Waals surface area contributed by atoms with E-state index < -0.39 is 6.10 Å². The van der Waals surface area contributed by atoms with Crippen LogP contribution in [0.2, 0.25) is 0 Å². The van der Waals surface area contributed by atoms with Crippen molar-refractivity contribution < 1.29 is 5.11 Å². The minimum absolute atomic E-state index is 0.450. The predicted molar refractivity (Wildman–Crippen MR) is 83.0 cm³/mol.